The molecule has 4 heterocycles. The molecule has 0 radical (unpaired) electrons. The molecule has 0 bridgehead atoms. The zero-order chi connectivity index (χ0) is 33.2. The average molecular weight is 694 g/mol. The fourth-order valence-electron chi connectivity index (χ4n) is 4.98. The fraction of sp³-hybridized carbons (Fsp3) is 0.133. The molecule has 6 rings (SSSR count). The first kappa shape index (κ1) is 31.7. The summed E-state index contributed by atoms with van der Waals surface area (Å²) in [7, 11) is 2.96. The molecule has 0 unspecified atom stereocenters. The number of rotatable bonds is 9. The minimum absolute atomic E-state index is 0.0876. The number of H-pyrrole nitrogens is 2. The first-order chi connectivity index (χ1) is 22.6. The van der Waals surface area contributed by atoms with Crippen LogP contribution in [0.15, 0.2) is 65.9 Å². The Bertz CT molecular complexity index is 2220. The second-order valence-corrected chi connectivity index (χ2v) is 11.5. The third-order valence-corrected chi connectivity index (χ3v) is 7.92. The number of aromatic amines is 2. The van der Waals surface area contributed by atoms with Gasteiger partial charge < -0.3 is 20.0 Å². The molecule has 6 aromatic rings. The van der Waals surface area contributed by atoms with Crippen molar-refractivity contribution in [3.05, 3.63) is 109 Å². The van der Waals surface area contributed by atoms with E-state index in [1.807, 2.05) is 0 Å². The molecule has 0 saturated heterocycles. The number of imidazole rings is 1. The second-order valence-electron chi connectivity index (χ2n) is 10.2. The molecule has 4 aromatic heterocycles. The third-order valence-electron chi connectivity index (χ3n) is 7.10. The average Bonchev–Trinajstić information content (AvgIpc) is 3.79. The number of fused-ring (bicyclic) bond motifs is 1. The molecule has 14 nitrogen and oxygen atoms in total. The highest BCUT2D eigenvalue weighted by Crippen LogP contribution is 2.32. The third kappa shape index (κ3) is 6.79. The van der Waals surface area contributed by atoms with Crippen LogP contribution in [0.3, 0.4) is 0 Å². The normalized spacial score (nSPS) is 12.1. The minimum Gasteiger partial charge on any atom is -0.465 e. The summed E-state index contributed by atoms with van der Waals surface area (Å²) in [4.78, 5) is 48.4. The highest BCUT2D eigenvalue weighted by Gasteiger charge is 2.24. The van der Waals surface area contributed by atoms with Gasteiger partial charge in [0.15, 0.2) is 0 Å². The van der Waals surface area contributed by atoms with E-state index in [-0.39, 0.29) is 17.1 Å². The van der Waals surface area contributed by atoms with Gasteiger partial charge in [-0.3, -0.25) is 14.3 Å². The van der Waals surface area contributed by atoms with Crippen LogP contribution in [0, 0.1) is 0 Å². The zero-order valence-electron chi connectivity index (χ0n) is 24.5. The first-order valence-electron chi connectivity index (χ1n) is 13.8. The SMILES string of the molecule is COC(=O)c1cc(=O)[nH]c2ccc(-c3nc([C@H](Cc4nn(C)cc4Cl)NC(=O)/C=C/c4cc(Cl)ccc4-n4cnnn4)[nH]c3Cl)cc12. The lowest BCUT2D eigenvalue weighted by Crippen LogP contribution is -2.29. The number of amides is 1. The molecule has 0 fully saturated rings. The number of carbonyl (C=O) groups is 2. The minimum atomic E-state index is -0.758. The second kappa shape index (κ2) is 13.2. The van der Waals surface area contributed by atoms with Gasteiger partial charge in [-0.05, 0) is 46.8 Å². The van der Waals surface area contributed by atoms with Crippen LogP contribution >= 0.6 is 34.8 Å². The zero-order valence-corrected chi connectivity index (χ0v) is 26.8. The predicted molar refractivity (Wildman–Crippen MR) is 175 cm³/mol. The Morgan fingerprint density at radius 2 is 1.94 bits per heavy atom. The van der Waals surface area contributed by atoms with Crippen LogP contribution in [0.5, 0.6) is 0 Å². The van der Waals surface area contributed by atoms with Crippen molar-refractivity contribution >= 4 is 63.7 Å². The topological polar surface area (TPSA) is 178 Å². The van der Waals surface area contributed by atoms with Gasteiger partial charge in [0.05, 0.1) is 35.1 Å². The molecule has 0 aliphatic heterocycles. The van der Waals surface area contributed by atoms with E-state index in [0.29, 0.717) is 55.0 Å². The van der Waals surface area contributed by atoms with Gasteiger partial charge in [-0.25, -0.2) is 9.78 Å². The van der Waals surface area contributed by atoms with Crippen molar-refractivity contribution in [2.24, 2.45) is 7.05 Å². The lowest BCUT2D eigenvalue weighted by atomic mass is 10.0. The van der Waals surface area contributed by atoms with Gasteiger partial charge in [0.1, 0.15) is 23.0 Å². The van der Waals surface area contributed by atoms with Gasteiger partial charge in [-0.1, -0.05) is 40.9 Å². The Balaban J connectivity index is 1.34. The van der Waals surface area contributed by atoms with Gasteiger partial charge in [0, 0.05) is 58.9 Å². The van der Waals surface area contributed by atoms with Gasteiger partial charge in [0.25, 0.3) is 0 Å². The lowest BCUT2D eigenvalue weighted by molar-refractivity contribution is -0.117. The monoisotopic (exact) mass is 692 g/mol. The maximum atomic E-state index is 13.3. The first-order valence-corrected chi connectivity index (χ1v) is 14.9. The van der Waals surface area contributed by atoms with Crippen LogP contribution in [0.25, 0.3) is 33.9 Å². The van der Waals surface area contributed by atoms with E-state index in [0.717, 1.165) is 0 Å². The standard InChI is InChI=1S/C30H23Cl3N10O4/c1-42-13-20(32)22(39-42)12-23(36-25(44)8-4-15-9-17(31)5-7-24(15)43-14-34-40-41-43)29-37-27(28(33)38-29)16-3-6-21-18(10-16)19(30(46)47-2)11-26(45)35-21/h3-11,13-14,23H,12H2,1-2H3,(H,35,45)(H,36,44)(H,37,38)/b8-4+/t23-/m0/s1. The Labute approximate surface area is 280 Å². The number of aromatic nitrogens is 9. The number of nitrogens with one attached hydrogen (secondary N) is 3. The number of carbonyl (C=O) groups excluding carboxylic acids is 2. The fourth-order valence-corrected chi connectivity index (χ4v) is 5.67. The van der Waals surface area contributed by atoms with Crippen molar-refractivity contribution in [3.8, 4) is 16.9 Å². The molecule has 0 saturated carbocycles. The molecule has 17 heteroatoms. The van der Waals surface area contributed by atoms with E-state index in [1.54, 1.807) is 60.4 Å². The van der Waals surface area contributed by atoms with Crippen LogP contribution in [0.2, 0.25) is 15.2 Å². The van der Waals surface area contributed by atoms with E-state index in [1.165, 1.54) is 30.3 Å². The Morgan fingerprint density at radius 3 is 2.66 bits per heavy atom. The molecule has 0 aliphatic carbocycles. The quantitative estimate of drug-likeness (QED) is 0.145. The number of esters is 1. The number of aryl methyl sites for hydroxylation is 1. The Morgan fingerprint density at radius 1 is 1.11 bits per heavy atom. The van der Waals surface area contributed by atoms with Crippen LogP contribution in [-0.2, 0) is 23.0 Å². The molecule has 0 spiro atoms. The number of tetrazole rings is 1. The lowest BCUT2D eigenvalue weighted by Gasteiger charge is -2.15. The predicted octanol–water partition coefficient (Wildman–Crippen LogP) is 4.49. The van der Waals surface area contributed by atoms with Crippen LogP contribution in [-0.4, -0.2) is 63.9 Å². The molecular weight excluding hydrogens is 671 g/mol. The molecule has 47 heavy (non-hydrogen) atoms. The van der Waals surface area contributed by atoms with Crippen molar-refractivity contribution in [1.82, 2.24) is 50.3 Å². The van der Waals surface area contributed by atoms with E-state index < -0.39 is 23.5 Å². The molecule has 238 valence electrons. The largest absolute Gasteiger partial charge is 0.465 e. The highest BCUT2D eigenvalue weighted by molar-refractivity contribution is 6.32. The summed E-state index contributed by atoms with van der Waals surface area (Å²) in [6.45, 7) is 0. The number of hydrogen-bond acceptors (Lipinski definition) is 9. The number of methoxy groups -OCH3 is 1. The number of hydrogen-bond donors (Lipinski definition) is 3. The summed E-state index contributed by atoms with van der Waals surface area (Å²) in [5.41, 5.74) is 2.67. The molecule has 1 amide bonds. The highest BCUT2D eigenvalue weighted by atomic mass is 35.5. The van der Waals surface area contributed by atoms with E-state index in [4.69, 9.17) is 44.5 Å². The molecule has 1 atom stereocenters. The maximum Gasteiger partial charge on any atom is 0.338 e. The van der Waals surface area contributed by atoms with Crippen molar-refractivity contribution < 1.29 is 14.3 Å². The molecular formula is C30H23Cl3N10O4. The number of benzene rings is 2. The van der Waals surface area contributed by atoms with E-state index in [9.17, 15) is 14.4 Å². The smallest absolute Gasteiger partial charge is 0.338 e. The Hall–Kier alpha value is -5.31. The van der Waals surface area contributed by atoms with Crippen molar-refractivity contribution in [2.45, 2.75) is 12.5 Å². The summed E-state index contributed by atoms with van der Waals surface area (Å²) < 4.78 is 7.88. The van der Waals surface area contributed by atoms with Crippen molar-refractivity contribution in [1.29, 1.82) is 0 Å². The number of ether oxygens (including phenoxy) is 1. The van der Waals surface area contributed by atoms with Crippen LogP contribution in [0.1, 0.15) is 33.5 Å². The van der Waals surface area contributed by atoms with Crippen molar-refractivity contribution in [2.75, 3.05) is 7.11 Å². The summed E-state index contributed by atoms with van der Waals surface area (Å²) in [6, 6.07) is 10.5. The summed E-state index contributed by atoms with van der Waals surface area (Å²) in [5, 5.41) is 20.1. The number of nitrogens with zero attached hydrogens (tertiary/aromatic N) is 7. The van der Waals surface area contributed by atoms with Gasteiger partial charge in [0.2, 0.25) is 11.5 Å². The Kier molecular flexibility index (Phi) is 8.89. The number of pyridine rings is 1. The van der Waals surface area contributed by atoms with E-state index >= 15 is 0 Å². The van der Waals surface area contributed by atoms with Crippen LogP contribution in [0.4, 0.5) is 0 Å². The molecule has 2 aromatic carbocycles. The summed E-state index contributed by atoms with van der Waals surface area (Å²) >= 11 is 19.3. The van der Waals surface area contributed by atoms with Crippen molar-refractivity contribution in [3.63, 3.8) is 0 Å². The van der Waals surface area contributed by atoms with Crippen LogP contribution < -0.4 is 10.9 Å². The van der Waals surface area contributed by atoms with E-state index in [2.05, 4.69) is 35.9 Å². The summed E-state index contributed by atoms with van der Waals surface area (Å²) in [6.07, 6.45) is 6.17. The molecule has 3 N–H and O–H groups in total. The maximum absolute atomic E-state index is 13.3. The summed E-state index contributed by atoms with van der Waals surface area (Å²) in [5.74, 6) is -0.811. The van der Waals surface area contributed by atoms with Gasteiger partial charge in [-0.15, -0.1) is 5.10 Å². The molecule has 0 aliphatic rings. The van der Waals surface area contributed by atoms with Gasteiger partial charge in [-0.2, -0.15) is 9.78 Å². The van der Waals surface area contributed by atoms with Gasteiger partial charge >= 0.3 is 5.97 Å². The number of halogens is 3.